The molecule has 0 spiro atoms. The number of amides is 3. The van der Waals surface area contributed by atoms with E-state index in [-0.39, 0.29) is 31.4 Å². The lowest BCUT2D eigenvalue weighted by Gasteiger charge is -2.20. The van der Waals surface area contributed by atoms with Gasteiger partial charge in [0.25, 0.3) is 0 Å². The van der Waals surface area contributed by atoms with Crippen LogP contribution in [0.3, 0.4) is 0 Å². The molecule has 1 saturated heterocycles. The number of rotatable bonds is 9. The third kappa shape index (κ3) is 7.08. The Labute approximate surface area is 125 Å². The Morgan fingerprint density at radius 3 is 2.43 bits per heavy atom. The van der Waals surface area contributed by atoms with Crippen LogP contribution in [0.15, 0.2) is 0 Å². The van der Waals surface area contributed by atoms with Gasteiger partial charge in [-0.25, -0.2) is 0 Å². The fourth-order valence-corrected chi connectivity index (χ4v) is 2.33. The summed E-state index contributed by atoms with van der Waals surface area (Å²) >= 11 is 0. The predicted octanol–water partition coefficient (Wildman–Crippen LogP) is -0.688. The van der Waals surface area contributed by atoms with Crippen LogP contribution in [0.25, 0.3) is 0 Å². The number of carbonyl (C=O) groups is 3. The number of primary amides is 1. The second kappa shape index (κ2) is 9.33. The van der Waals surface area contributed by atoms with Crippen LogP contribution in [0.1, 0.15) is 32.6 Å². The first kappa shape index (κ1) is 17.4. The minimum atomic E-state index is -0.452. The lowest BCUT2D eigenvalue weighted by atomic mass is 10.3. The minimum absolute atomic E-state index is 0.0248. The van der Waals surface area contributed by atoms with Crippen molar-refractivity contribution in [3.8, 4) is 0 Å². The number of unbranched alkanes of at least 4 members (excludes halogenated alkanes) is 1. The molecule has 1 aliphatic rings. The van der Waals surface area contributed by atoms with Gasteiger partial charge in [-0.05, 0) is 25.8 Å². The van der Waals surface area contributed by atoms with Crippen LogP contribution in [0.2, 0.25) is 0 Å². The molecule has 7 heteroatoms. The second-order valence-corrected chi connectivity index (χ2v) is 5.40. The van der Waals surface area contributed by atoms with Crippen molar-refractivity contribution in [1.29, 1.82) is 0 Å². The first-order valence-corrected chi connectivity index (χ1v) is 7.58. The van der Waals surface area contributed by atoms with Crippen LogP contribution in [-0.4, -0.2) is 66.8 Å². The maximum Gasteiger partial charge on any atom is 0.241 e. The molecule has 7 nitrogen and oxygen atoms in total. The summed E-state index contributed by atoms with van der Waals surface area (Å²) in [6.07, 6.45) is 3.93. The Balaban J connectivity index is 2.31. The van der Waals surface area contributed by atoms with Crippen molar-refractivity contribution in [2.75, 3.05) is 39.3 Å². The van der Waals surface area contributed by atoms with Crippen LogP contribution in [0.4, 0.5) is 0 Å². The zero-order valence-electron chi connectivity index (χ0n) is 12.8. The highest BCUT2D eigenvalue weighted by Gasteiger charge is 2.19. The molecule has 120 valence electrons. The van der Waals surface area contributed by atoms with E-state index < -0.39 is 5.91 Å². The molecule has 0 aromatic heterocycles. The van der Waals surface area contributed by atoms with Gasteiger partial charge in [-0.1, -0.05) is 13.3 Å². The largest absolute Gasteiger partial charge is 0.369 e. The Bertz CT molecular complexity index is 367. The maximum absolute atomic E-state index is 11.8. The van der Waals surface area contributed by atoms with Crippen LogP contribution < -0.4 is 11.1 Å². The molecule has 0 saturated carbocycles. The SMILES string of the molecule is CCCCN(CC(N)=O)CC(=O)NCC(=O)N1CCCC1. The summed E-state index contributed by atoms with van der Waals surface area (Å²) in [5.74, 6) is -0.747. The van der Waals surface area contributed by atoms with Gasteiger partial charge >= 0.3 is 0 Å². The molecule has 0 bridgehead atoms. The van der Waals surface area contributed by atoms with Gasteiger partial charge in [0.05, 0.1) is 19.6 Å². The summed E-state index contributed by atoms with van der Waals surface area (Å²) < 4.78 is 0. The molecule has 0 atom stereocenters. The van der Waals surface area contributed by atoms with Crippen molar-refractivity contribution in [2.24, 2.45) is 5.73 Å². The van der Waals surface area contributed by atoms with E-state index in [1.54, 1.807) is 9.80 Å². The van der Waals surface area contributed by atoms with E-state index in [0.29, 0.717) is 6.54 Å². The Kier molecular flexibility index (Phi) is 7.74. The lowest BCUT2D eigenvalue weighted by Crippen LogP contribution is -2.45. The first-order chi connectivity index (χ1) is 10.0. The molecule has 1 heterocycles. The molecule has 0 aromatic carbocycles. The number of nitrogens with two attached hydrogens (primary N) is 1. The molecule has 1 aliphatic heterocycles. The third-order valence-electron chi connectivity index (χ3n) is 3.47. The van der Waals surface area contributed by atoms with E-state index >= 15 is 0 Å². The van der Waals surface area contributed by atoms with Gasteiger partial charge < -0.3 is 16.0 Å². The van der Waals surface area contributed by atoms with Crippen LogP contribution in [0.5, 0.6) is 0 Å². The summed E-state index contributed by atoms with van der Waals surface area (Å²) in [5.41, 5.74) is 5.17. The Hall–Kier alpha value is -1.63. The quantitative estimate of drug-likeness (QED) is 0.589. The molecule has 0 unspecified atom stereocenters. The van der Waals surface area contributed by atoms with Crippen molar-refractivity contribution in [2.45, 2.75) is 32.6 Å². The Morgan fingerprint density at radius 1 is 1.19 bits per heavy atom. The molecule has 0 radical (unpaired) electrons. The average molecular weight is 298 g/mol. The van der Waals surface area contributed by atoms with E-state index in [1.165, 1.54) is 0 Å². The standard InChI is InChI=1S/C14H26N4O3/c1-2-3-6-17(10-12(15)19)11-13(20)16-9-14(21)18-7-4-5-8-18/h2-11H2,1H3,(H2,15,19)(H,16,20). The van der Waals surface area contributed by atoms with Gasteiger partial charge in [0.15, 0.2) is 0 Å². The van der Waals surface area contributed by atoms with E-state index in [1.807, 2.05) is 6.92 Å². The summed E-state index contributed by atoms with van der Waals surface area (Å²) in [4.78, 5) is 38.1. The lowest BCUT2D eigenvalue weighted by molar-refractivity contribution is -0.132. The van der Waals surface area contributed by atoms with E-state index in [0.717, 1.165) is 38.8 Å². The number of hydrogen-bond acceptors (Lipinski definition) is 4. The fourth-order valence-electron chi connectivity index (χ4n) is 2.33. The topological polar surface area (TPSA) is 95.7 Å². The number of carbonyl (C=O) groups excluding carboxylic acids is 3. The van der Waals surface area contributed by atoms with Crippen molar-refractivity contribution < 1.29 is 14.4 Å². The number of nitrogens with one attached hydrogen (secondary N) is 1. The van der Waals surface area contributed by atoms with Gasteiger partial charge in [0.1, 0.15) is 0 Å². The zero-order chi connectivity index (χ0) is 15.7. The zero-order valence-corrected chi connectivity index (χ0v) is 12.8. The normalized spacial score (nSPS) is 14.5. The van der Waals surface area contributed by atoms with Crippen molar-refractivity contribution in [1.82, 2.24) is 15.1 Å². The molecule has 1 fully saturated rings. The summed E-state index contributed by atoms with van der Waals surface area (Å²) in [6, 6.07) is 0. The number of hydrogen-bond donors (Lipinski definition) is 2. The van der Waals surface area contributed by atoms with Crippen LogP contribution in [0, 0.1) is 0 Å². The molecular formula is C14H26N4O3. The smallest absolute Gasteiger partial charge is 0.241 e. The van der Waals surface area contributed by atoms with Crippen molar-refractivity contribution in [3.63, 3.8) is 0 Å². The van der Waals surface area contributed by atoms with Crippen LogP contribution in [-0.2, 0) is 14.4 Å². The molecule has 0 aromatic rings. The fraction of sp³-hybridized carbons (Fsp3) is 0.786. The highest BCUT2D eigenvalue weighted by atomic mass is 16.2. The van der Waals surface area contributed by atoms with E-state index in [9.17, 15) is 14.4 Å². The summed E-state index contributed by atoms with van der Waals surface area (Å²) in [7, 11) is 0. The van der Waals surface area contributed by atoms with Gasteiger partial charge in [0.2, 0.25) is 17.7 Å². The third-order valence-corrected chi connectivity index (χ3v) is 3.47. The predicted molar refractivity (Wildman–Crippen MR) is 79.4 cm³/mol. The second-order valence-electron chi connectivity index (χ2n) is 5.40. The van der Waals surface area contributed by atoms with Crippen molar-refractivity contribution >= 4 is 17.7 Å². The van der Waals surface area contributed by atoms with Crippen molar-refractivity contribution in [3.05, 3.63) is 0 Å². The van der Waals surface area contributed by atoms with E-state index in [4.69, 9.17) is 5.73 Å². The average Bonchev–Trinajstić information content (AvgIpc) is 2.95. The molecule has 21 heavy (non-hydrogen) atoms. The van der Waals surface area contributed by atoms with Crippen LogP contribution >= 0.6 is 0 Å². The Morgan fingerprint density at radius 2 is 1.86 bits per heavy atom. The van der Waals surface area contributed by atoms with E-state index in [2.05, 4.69) is 5.32 Å². The highest BCUT2D eigenvalue weighted by Crippen LogP contribution is 2.06. The number of nitrogens with zero attached hydrogens (tertiary/aromatic N) is 2. The number of likely N-dealkylation sites (tertiary alicyclic amines) is 1. The molecule has 1 rings (SSSR count). The van der Waals surface area contributed by atoms with Gasteiger partial charge in [-0.2, -0.15) is 0 Å². The minimum Gasteiger partial charge on any atom is -0.369 e. The molecule has 3 amide bonds. The maximum atomic E-state index is 11.8. The summed E-state index contributed by atoms with van der Waals surface area (Å²) in [6.45, 7) is 4.42. The monoisotopic (exact) mass is 298 g/mol. The highest BCUT2D eigenvalue weighted by molar-refractivity contribution is 5.86. The summed E-state index contributed by atoms with van der Waals surface area (Å²) in [5, 5.41) is 2.62. The molecular weight excluding hydrogens is 272 g/mol. The molecule has 3 N–H and O–H groups in total. The van der Waals surface area contributed by atoms with Gasteiger partial charge in [-0.15, -0.1) is 0 Å². The molecule has 0 aliphatic carbocycles. The first-order valence-electron chi connectivity index (χ1n) is 7.58. The van der Waals surface area contributed by atoms with Gasteiger partial charge in [-0.3, -0.25) is 19.3 Å². The van der Waals surface area contributed by atoms with Gasteiger partial charge in [0, 0.05) is 13.1 Å².